The van der Waals surface area contributed by atoms with Gasteiger partial charge >= 0.3 is 0 Å². The van der Waals surface area contributed by atoms with Crippen LogP contribution in [0.3, 0.4) is 0 Å². The van der Waals surface area contributed by atoms with Crippen LogP contribution in [0.5, 0.6) is 0 Å². The lowest BCUT2D eigenvalue weighted by Gasteiger charge is -2.28. The molecule has 2 aromatic rings. The summed E-state index contributed by atoms with van der Waals surface area (Å²) in [7, 11) is 0. The second-order valence-corrected chi connectivity index (χ2v) is 6.30. The molecule has 3 rings (SSSR count). The summed E-state index contributed by atoms with van der Waals surface area (Å²) in [4.78, 5) is 19.4. The minimum absolute atomic E-state index is 0.140. The number of hydrogen-bond acceptors (Lipinski definition) is 4. The van der Waals surface area contributed by atoms with Gasteiger partial charge in [0.15, 0.2) is 0 Å². The Morgan fingerprint density at radius 3 is 2.83 bits per heavy atom. The van der Waals surface area contributed by atoms with Crippen LogP contribution in [-0.4, -0.2) is 41.5 Å². The van der Waals surface area contributed by atoms with E-state index in [1.165, 1.54) is 0 Å². The van der Waals surface area contributed by atoms with E-state index >= 15 is 0 Å². The van der Waals surface area contributed by atoms with E-state index in [0.717, 1.165) is 49.5 Å². The molecule has 0 aliphatic carbocycles. The molecule has 1 aromatic heterocycles. The molecule has 0 saturated carbocycles. The van der Waals surface area contributed by atoms with Crippen molar-refractivity contribution in [3.05, 3.63) is 41.8 Å². The molecule has 1 saturated heterocycles. The van der Waals surface area contributed by atoms with E-state index in [4.69, 9.17) is 4.42 Å². The third kappa shape index (κ3) is 3.67. The Hall–Kier alpha value is -2.14. The van der Waals surface area contributed by atoms with Crippen molar-refractivity contribution in [2.75, 3.05) is 19.6 Å². The van der Waals surface area contributed by atoms with Gasteiger partial charge in [-0.25, -0.2) is 4.98 Å². The number of carbonyl (C=O) groups is 1. The van der Waals surface area contributed by atoms with Gasteiger partial charge in [-0.2, -0.15) is 0 Å². The lowest BCUT2D eigenvalue weighted by Crippen LogP contribution is -2.43. The Balaban J connectivity index is 1.74. The Bertz CT molecular complexity index is 675. The predicted octanol–water partition coefficient (Wildman–Crippen LogP) is 2.79. The predicted molar refractivity (Wildman–Crippen MR) is 93.7 cm³/mol. The Morgan fingerprint density at radius 2 is 2.17 bits per heavy atom. The summed E-state index contributed by atoms with van der Waals surface area (Å²) in [5.41, 5.74) is 1.68. The van der Waals surface area contributed by atoms with Gasteiger partial charge in [-0.3, -0.25) is 4.79 Å². The van der Waals surface area contributed by atoms with Crippen molar-refractivity contribution < 1.29 is 9.21 Å². The number of aromatic nitrogens is 1. The zero-order valence-corrected chi connectivity index (χ0v) is 14.4. The highest BCUT2D eigenvalue weighted by Crippen LogP contribution is 2.22. The van der Waals surface area contributed by atoms with Crippen molar-refractivity contribution in [2.24, 2.45) is 0 Å². The molecule has 1 fully saturated rings. The summed E-state index contributed by atoms with van der Waals surface area (Å²) in [5, 5.41) is 3.34. The molecular formula is C19H25N3O2. The van der Waals surface area contributed by atoms with Crippen molar-refractivity contribution in [3.63, 3.8) is 0 Å². The molecule has 0 radical (unpaired) electrons. The molecule has 1 aromatic carbocycles. The molecule has 5 heteroatoms. The van der Waals surface area contributed by atoms with Crippen LogP contribution in [0.25, 0.3) is 11.5 Å². The third-order valence-corrected chi connectivity index (χ3v) is 4.49. The largest absolute Gasteiger partial charge is 0.441 e. The van der Waals surface area contributed by atoms with E-state index < -0.39 is 0 Å². The summed E-state index contributed by atoms with van der Waals surface area (Å²) in [6.45, 7) is 6.66. The zero-order valence-electron chi connectivity index (χ0n) is 14.4. The van der Waals surface area contributed by atoms with Crippen molar-refractivity contribution in [2.45, 2.75) is 39.2 Å². The highest BCUT2D eigenvalue weighted by molar-refractivity contribution is 5.79. The summed E-state index contributed by atoms with van der Waals surface area (Å²) < 4.78 is 5.77. The van der Waals surface area contributed by atoms with Gasteiger partial charge in [-0.05, 0) is 38.4 Å². The summed E-state index contributed by atoms with van der Waals surface area (Å²) >= 11 is 0. The fourth-order valence-electron chi connectivity index (χ4n) is 3.20. The van der Waals surface area contributed by atoms with Crippen molar-refractivity contribution in [1.29, 1.82) is 0 Å². The highest BCUT2D eigenvalue weighted by Gasteiger charge is 2.27. The normalized spacial score (nSPS) is 17.2. The molecular weight excluding hydrogens is 302 g/mol. The lowest BCUT2D eigenvalue weighted by atomic mass is 10.1. The SMILES string of the molecule is CCCN(C(=O)Cc1nc(-c2ccccc2)oc1C)C1CCNC1. The number of carbonyl (C=O) groups excluding carboxylic acids is 1. The summed E-state index contributed by atoms with van der Waals surface area (Å²) in [6.07, 6.45) is 2.30. The maximum atomic E-state index is 12.8. The van der Waals surface area contributed by atoms with Gasteiger partial charge in [0.2, 0.25) is 11.8 Å². The summed E-state index contributed by atoms with van der Waals surface area (Å²) in [6, 6.07) is 10.1. The van der Waals surface area contributed by atoms with E-state index in [1.807, 2.05) is 42.2 Å². The first-order valence-electron chi connectivity index (χ1n) is 8.71. The van der Waals surface area contributed by atoms with Crippen molar-refractivity contribution in [3.8, 4) is 11.5 Å². The second-order valence-electron chi connectivity index (χ2n) is 6.30. The van der Waals surface area contributed by atoms with E-state index in [9.17, 15) is 4.79 Å². The van der Waals surface area contributed by atoms with Gasteiger partial charge in [0, 0.05) is 24.7 Å². The Kier molecular flexibility index (Phi) is 5.30. The van der Waals surface area contributed by atoms with Crippen LogP contribution in [0.2, 0.25) is 0 Å². The summed E-state index contributed by atoms with van der Waals surface area (Å²) in [5.74, 6) is 1.45. The van der Waals surface area contributed by atoms with Crippen molar-refractivity contribution in [1.82, 2.24) is 15.2 Å². The quantitative estimate of drug-likeness (QED) is 0.886. The van der Waals surface area contributed by atoms with Crippen LogP contribution in [0.4, 0.5) is 0 Å². The number of oxazole rings is 1. The minimum atomic E-state index is 0.140. The molecule has 5 nitrogen and oxygen atoms in total. The number of rotatable bonds is 6. The van der Waals surface area contributed by atoms with Crippen LogP contribution in [-0.2, 0) is 11.2 Å². The fraction of sp³-hybridized carbons (Fsp3) is 0.474. The average Bonchev–Trinajstić information content (AvgIpc) is 3.24. The van der Waals surface area contributed by atoms with E-state index in [0.29, 0.717) is 18.4 Å². The third-order valence-electron chi connectivity index (χ3n) is 4.49. The number of benzene rings is 1. The molecule has 1 atom stereocenters. The second kappa shape index (κ2) is 7.62. The van der Waals surface area contributed by atoms with Crippen LogP contribution in [0.15, 0.2) is 34.7 Å². The molecule has 0 bridgehead atoms. The van der Waals surface area contributed by atoms with Crippen LogP contribution < -0.4 is 5.32 Å². The lowest BCUT2D eigenvalue weighted by molar-refractivity contribution is -0.132. The monoisotopic (exact) mass is 327 g/mol. The molecule has 1 unspecified atom stereocenters. The van der Waals surface area contributed by atoms with E-state index in [-0.39, 0.29) is 5.91 Å². The van der Waals surface area contributed by atoms with Gasteiger partial charge in [-0.1, -0.05) is 25.1 Å². The van der Waals surface area contributed by atoms with Crippen LogP contribution in [0, 0.1) is 6.92 Å². The Morgan fingerprint density at radius 1 is 1.38 bits per heavy atom. The molecule has 2 heterocycles. The average molecular weight is 327 g/mol. The number of amides is 1. The molecule has 1 N–H and O–H groups in total. The van der Waals surface area contributed by atoms with Gasteiger partial charge in [0.25, 0.3) is 0 Å². The van der Waals surface area contributed by atoms with Gasteiger partial charge in [-0.15, -0.1) is 0 Å². The first kappa shape index (κ1) is 16.7. The van der Waals surface area contributed by atoms with Gasteiger partial charge in [0.05, 0.1) is 12.1 Å². The molecule has 1 amide bonds. The van der Waals surface area contributed by atoms with E-state index in [1.54, 1.807) is 0 Å². The molecule has 128 valence electrons. The van der Waals surface area contributed by atoms with E-state index in [2.05, 4.69) is 17.2 Å². The van der Waals surface area contributed by atoms with Gasteiger partial charge < -0.3 is 14.6 Å². The number of nitrogens with zero attached hydrogens (tertiary/aromatic N) is 2. The van der Waals surface area contributed by atoms with Crippen molar-refractivity contribution >= 4 is 5.91 Å². The van der Waals surface area contributed by atoms with Gasteiger partial charge in [0.1, 0.15) is 5.76 Å². The smallest absolute Gasteiger partial charge is 0.229 e. The standard InChI is InChI=1S/C19H25N3O2/c1-3-11-22(16-9-10-20-13-16)18(23)12-17-14(2)24-19(21-17)15-7-5-4-6-8-15/h4-8,16,20H,3,9-13H2,1-2H3. The Labute approximate surface area is 143 Å². The van der Waals surface area contributed by atoms with Crippen LogP contribution >= 0.6 is 0 Å². The topological polar surface area (TPSA) is 58.4 Å². The maximum absolute atomic E-state index is 12.8. The molecule has 0 spiro atoms. The number of hydrogen-bond donors (Lipinski definition) is 1. The first-order chi connectivity index (χ1) is 11.7. The zero-order chi connectivity index (χ0) is 16.9. The number of aryl methyl sites for hydroxylation is 1. The molecule has 1 aliphatic heterocycles. The minimum Gasteiger partial charge on any atom is -0.441 e. The fourth-order valence-corrected chi connectivity index (χ4v) is 3.20. The number of nitrogens with one attached hydrogen (secondary N) is 1. The molecule has 24 heavy (non-hydrogen) atoms. The molecule has 1 aliphatic rings. The first-order valence-corrected chi connectivity index (χ1v) is 8.71. The van der Waals surface area contributed by atoms with Crippen LogP contribution in [0.1, 0.15) is 31.2 Å². The maximum Gasteiger partial charge on any atom is 0.229 e. The highest BCUT2D eigenvalue weighted by atomic mass is 16.4.